The van der Waals surface area contributed by atoms with E-state index in [9.17, 15) is 0 Å². The van der Waals surface area contributed by atoms with Crippen molar-refractivity contribution in [3.05, 3.63) is 0 Å². The third kappa shape index (κ3) is 6.13. The van der Waals surface area contributed by atoms with Crippen molar-refractivity contribution in [2.75, 3.05) is 19.8 Å². The van der Waals surface area contributed by atoms with Gasteiger partial charge in [-0.2, -0.15) is 0 Å². The molecule has 1 aliphatic rings. The number of hydrogen-bond donors (Lipinski definition) is 1. The summed E-state index contributed by atoms with van der Waals surface area (Å²) in [6, 6.07) is 0. The van der Waals surface area contributed by atoms with E-state index in [0.29, 0.717) is 6.10 Å². The van der Waals surface area contributed by atoms with Crippen molar-refractivity contribution < 1.29 is 9.47 Å². The Balaban J connectivity index is 2.05. The first kappa shape index (κ1) is 12.9. The molecule has 3 nitrogen and oxygen atoms in total. The van der Waals surface area contributed by atoms with Gasteiger partial charge < -0.3 is 14.8 Å². The van der Waals surface area contributed by atoms with Crippen LogP contribution < -0.4 is 5.32 Å². The Morgan fingerprint density at radius 1 is 1.47 bits per heavy atom. The van der Waals surface area contributed by atoms with Gasteiger partial charge in [0.2, 0.25) is 0 Å². The highest BCUT2D eigenvalue weighted by Gasteiger charge is 2.17. The molecule has 1 rings (SSSR count). The smallest absolute Gasteiger partial charge is 0.0809 e. The van der Waals surface area contributed by atoms with Gasteiger partial charge in [0.15, 0.2) is 0 Å². The highest BCUT2D eigenvalue weighted by atomic mass is 16.5. The lowest BCUT2D eigenvalue weighted by Crippen LogP contribution is -2.41. The van der Waals surface area contributed by atoms with Crippen LogP contribution in [0.4, 0.5) is 0 Å². The predicted molar refractivity (Wildman–Crippen MR) is 62.1 cm³/mol. The first-order valence-electron chi connectivity index (χ1n) is 5.95. The maximum Gasteiger partial charge on any atom is 0.0809 e. The molecular weight excluding hydrogens is 190 g/mol. The van der Waals surface area contributed by atoms with Crippen LogP contribution in [0.5, 0.6) is 0 Å². The Labute approximate surface area is 93.5 Å². The van der Waals surface area contributed by atoms with Gasteiger partial charge in [0.25, 0.3) is 0 Å². The fourth-order valence-corrected chi connectivity index (χ4v) is 1.56. The molecule has 3 heteroatoms. The van der Waals surface area contributed by atoms with Gasteiger partial charge in [0, 0.05) is 18.7 Å². The summed E-state index contributed by atoms with van der Waals surface area (Å²) in [4.78, 5) is 0. The molecule has 15 heavy (non-hydrogen) atoms. The van der Waals surface area contributed by atoms with Crippen molar-refractivity contribution in [2.24, 2.45) is 0 Å². The molecule has 0 aliphatic carbocycles. The molecule has 0 aromatic heterocycles. The third-order valence-electron chi connectivity index (χ3n) is 2.51. The molecule has 1 N–H and O–H groups in total. The van der Waals surface area contributed by atoms with Crippen molar-refractivity contribution in [3.8, 4) is 0 Å². The minimum absolute atomic E-state index is 0.168. The summed E-state index contributed by atoms with van der Waals surface area (Å²) in [5, 5.41) is 3.43. The van der Waals surface area contributed by atoms with Crippen LogP contribution in [0.15, 0.2) is 0 Å². The summed E-state index contributed by atoms with van der Waals surface area (Å²) in [6.45, 7) is 11.2. The molecule has 0 bridgehead atoms. The summed E-state index contributed by atoms with van der Waals surface area (Å²) < 4.78 is 11.2. The van der Waals surface area contributed by atoms with E-state index in [0.717, 1.165) is 26.2 Å². The Morgan fingerprint density at radius 2 is 2.20 bits per heavy atom. The van der Waals surface area contributed by atoms with E-state index in [4.69, 9.17) is 9.47 Å². The van der Waals surface area contributed by atoms with Gasteiger partial charge >= 0.3 is 0 Å². The third-order valence-corrected chi connectivity index (χ3v) is 2.51. The van der Waals surface area contributed by atoms with Crippen LogP contribution in [-0.2, 0) is 9.47 Å². The lowest BCUT2D eigenvalue weighted by molar-refractivity contribution is -0.0148. The molecule has 0 radical (unpaired) electrons. The molecule has 1 heterocycles. The number of hydrogen-bond acceptors (Lipinski definition) is 3. The second-order valence-electron chi connectivity index (χ2n) is 5.41. The number of nitrogens with one attached hydrogen (secondary N) is 1. The van der Waals surface area contributed by atoms with Crippen LogP contribution in [0.3, 0.4) is 0 Å². The minimum atomic E-state index is 0.168. The SMILES string of the molecule is CC(CNC(C)(C)C)OCC1CCCO1. The standard InChI is InChI=1S/C12H25NO2/c1-10(8-13-12(2,3)4)15-9-11-6-5-7-14-11/h10-11,13H,5-9H2,1-4H3. The first-order chi connectivity index (χ1) is 6.97. The average Bonchev–Trinajstić information content (AvgIpc) is 2.62. The molecule has 1 fully saturated rings. The zero-order valence-electron chi connectivity index (χ0n) is 10.5. The van der Waals surface area contributed by atoms with Gasteiger partial charge in [-0.1, -0.05) is 0 Å². The second-order valence-corrected chi connectivity index (χ2v) is 5.41. The van der Waals surface area contributed by atoms with Crippen molar-refractivity contribution in [3.63, 3.8) is 0 Å². The largest absolute Gasteiger partial charge is 0.376 e. The lowest BCUT2D eigenvalue weighted by Gasteiger charge is -2.24. The Kier molecular flexibility index (Phi) is 5.03. The molecular formula is C12H25NO2. The monoisotopic (exact) mass is 215 g/mol. The Hall–Kier alpha value is -0.120. The highest BCUT2D eigenvalue weighted by molar-refractivity contribution is 4.72. The van der Waals surface area contributed by atoms with Crippen LogP contribution >= 0.6 is 0 Å². The van der Waals surface area contributed by atoms with E-state index >= 15 is 0 Å². The highest BCUT2D eigenvalue weighted by Crippen LogP contribution is 2.12. The zero-order chi connectivity index (χ0) is 11.3. The van der Waals surface area contributed by atoms with E-state index in [1.165, 1.54) is 6.42 Å². The van der Waals surface area contributed by atoms with E-state index < -0.39 is 0 Å². The Bertz CT molecular complexity index is 171. The van der Waals surface area contributed by atoms with Crippen molar-refractivity contribution >= 4 is 0 Å². The molecule has 90 valence electrons. The first-order valence-corrected chi connectivity index (χ1v) is 5.95. The fraction of sp³-hybridized carbons (Fsp3) is 1.00. The molecule has 0 saturated carbocycles. The van der Waals surface area contributed by atoms with Gasteiger partial charge in [0.1, 0.15) is 0 Å². The Morgan fingerprint density at radius 3 is 2.73 bits per heavy atom. The van der Waals surface area contributed by atoms with Gasteiger partial charge in [-0.15, -0.1) is 0 Å². The molecule has 2 unspecified atom stereocenters. The lowest BCUT2D eigenvalue weighted by atomic mass is 10.1. The molecule has 0 spiro atoms. The molecule has 1 saturated heterocycles. The van der Waals surface area contributed by atoms with E-state index in [1.807, 2.05) is 0 Å². The summed E-state index contributed by atoms with van der Waals surface area (Å²) in [5.74, 6) is 0. The molecule has 0 aromatic carbocycles. The van der Waals surface area contributed by atoms with Gasteiger partial charge in [-0.05, 0) is 40.5 Å². The van der Waals surface area contributed by atoms with Crippen molar-refractivity contribution in [1.29, 1.82) is 0 Å². The summed E-state index contributed by atoms with van der Waals surface area (Å²) >= 11 is 0. The predicted octanol–water partition coefficient (Wildman–Crippen LogP) is 1.96. The fourth-order valence-electron chi connectivity index (χ4n) is 1.56. The summed E-state index contributed by atoms with van der Waals surface area (Å²) in [6.07, 6.45) is 2.93. The zero-order valence-corrected chi connectivity index (χ0v) is 10.5. The van der Waals surface area contributed by atoms with Crippen LogP contribution in [-0.4, -0.2) is 37.5 Å². The van der Waals surface area contributed by atoms with Crippen LogP contribution in [0, 0.1) is 0 Å². The van der Waals surface area contributed by atoms with Crippen molar-refractivity contribution in [2.45, 2.75) is 58.3 Å². The van der Waals surface area contributed by atoms with E-state index in [1.54, 1.807) is 0 Å². The number of ether oxygens (including phenoxy) is 2. The maximum atomic E-state index is 5.73. The molecule has 1 aliphatic heterocycles. The van der Waals surface area contributed by atoms with Gasteiger partial charge in [-0.3, -0.25) is 0 Å². The van der Waals surface area contributed by atoms with E-state index in [2.05, 4.69) is 33.0 Å². The summed E-state index contributed by atoms with van der Waals surface area (Å²) in [7, 11) is 0. The summed E-state index contributed by atoms with van der Waals surface area (Å²) in [5.41, 5.74) is 0.168. The van der Waals surface area contributed by atoms with Crippen molar-refractivity contribution in [1.82, 2.24) is 5.32 Å². The molecule has 0 amide bonds. The van der Waals surface area contributed by atoms with Crippen LogP contribution in [0.2, 0.25) is 0 Å². The van der Waals surface area contributed by atoms with Crippen LogP contribution in [0.25, 0.3) is 0 Å². The number of rotatable bonds is 5. The second kappa shape index (κ2) is 5.83. The molecule has 0 aromatic rings. The average molecular weight is 215 g/mol. The van der Waals surface area contributed by atoms with Gasteiger partial charge in [-0.25, -0.2) is 0 Å². The maximum absolute atomic E-state index is 5.73. The van der Waals surface area contributed by atoms with Gasteiger partial charge in [0.05, 0.1) is 18.8 Å². The quantitative estimate of drug-likeness (QED) is 0.760. The molecule has 2 atom stereocenters. The normalized spacial score (nSPS) is 24.4. The topological polar surface area (TPSA) is 30.5 Å². The van der Waals surface area contributed by atoms with Crippen LogP contribution in [0.1, 0.15) is 40.5 Å². The van der Waals surface area contributed by atoms with E-state index in [-0.39, 0.29) is 11.6 Å². The minimum Gasteiger partial charge on any atom is -0.376 e.